The summed E-state index contributed by atoms with van der Waals surface area (Å²) in [6, 6.07) is 12.6. The lowest BCUT2D eigenvalue weighted by atomic mass is 10.0. The second kappa shape index (κ2) is 6.28. The monoisotopic (exact) mass is 336 g/mol. The number of carbonyl (C=O) groups is 1. The fraction of sp³-hybridized carbons (Fsp3) is 0.381. The first-order valence-corrected chi connectivity index (χ1v) is 9.03. The zero-order valence-electron chi connectivity index (χ0n) is 15.0. The Labute approximate surface area is 147 Å². The summed E-state index contributed by atoms with van der Waals surface area (Å²) >= 11 is 0. The van der Waals surface area contributed by atoms with Gasteiger partial charge in [0, 0.05) is 40.5 Å². The minimum absolute atomic E-state index is 0.103. The van der Waals surface area contributed by atoms with E-state index in [4.69, 9.17) is 4.74 Å². The number of benzene rings is 2. The fourth-order valence-corrected chi connectivity index (χ4v) is 3.66. The second-order valence-corrected chi connectivity index (χ2v) is 6.83. The van der Waals surface area contributed by atoms with Crippen molar-refractivity contribution in [1.29, 1.82) is 0 Å². The van der Waals surface area contributed by atoms with Crippen LogP contribution in [0.3, 0.4) is 0 Å². The topological polar surface area (TPSA) is 46.6 Å². The smallest absolute Gasteiger partial charge is 0.159 e. The Morgan fingerprint density at radius 2 is 1.84 bits per heavy atom. The highest BCUT2D eigenvalue weighted by Gasteiger charge is 2.35. The van der Waals surface area contributed by atoms with Crippen molar-refractivity contribution in [3.8, 4) is 0 Å². The molecule has 0 radical (unpaired) electrons. The second-order valence-electron chi connectivity index (χ2n) is 6.83. The van der Waals surface area contributed by atoms with Crippen molar-refractivity contribution in [2.45, 2.75) is 39.5 Å². The average molecular weight is 336 g/mol. The van der Waals surface area contributed by atoms with Crippen LogP contribution in [0.2, 0.25) is 0 Å². The normalized spacial score (nSPS) is 19.6. The quantitative estimate of drug-likeness (QED) is 0.419. The van der Waals surface area contributed by atoms with E-state index in [0.29, 0.717) is 6.10 Å². The Balaban J connectivity index is 1.90. The number of ether oxygens (including phenoxy) is 1. The maximum absolute atomic E-state index is 11.8. The minimum Gasteiger partial charge on any atom is -0.365 e. The number of fused-ring (bicyclic) bond motifs is 3. The highest BCUT2D eigenvalue weighted by Crippen LogP contribution is 2.40. The van der Waals surface area contributed by atoms with Crippen LogP contribution in [0.25, 0.3) is 21.8 Å². The molecule has 25 heavy (non-hydrogen) atoms. The molecule has 1 saturated heterocycles. The molecule has 2 atom stereocenters. The van der Waals surface area contributed by atoms with Crippen molar-refractivity contribution in [1.82, 2.24) is 9.88 Å². The van der Waals surface area contributed by atoms with Gasteiger partial charge in [0.1, 0.15) is 6.10 Å². The molecule has 0 spiro atoms. The van der Waals surface area contributed by atoms with Gasteiger partial charge in [0.05, 0.1) is 6.10 Å². The maximum Gasteiger partial charge on any atom is 0.159 e. The first kappa shape index (κ1) is 16.3. The van der Waals surface area contributed by atoms with Gasteiger partial charge in [-0.3, -0.25) is 4.79 Å². The van der Waals surface area contributed by atoms with Gasteiger partial charge in [-0.25, -0.2) is 0 Å². The predicted molar refractivity (Wildman–Crippen MR) is 101 cm³/mol. The maximum atomic E-state index is 11.8. The molecule has 1 fully saturated rings. The Hall–Kier alpha value is -2.17. The SMILES string of the molecule is CCNCCn1c2ccc(C(C)=O)cc2c2cc(C3OC3C)ccc21. The van der Waals surface area contributed by atoms with Crippen LogP contribution in [-0.2, 0) is 11.3 Å². The molecule has 0 saturated carbocycles. The van der Waals surface area contributed by atoms with E-state index in [1.54, 1.807) is 6.92 Å². The lowest BCUT2D eigenvalue weighted by Gasteiger charge is -2.08. The van der Waals surface area contributed by atoms with Gasteiger partial charge in [0.15, 0.2) is 5.78 Å². The molecular weight excluding hydrogens is 312 g/mol. The number of ketones is 1. The molecule has 1 N–H and O–H groups in total. The van der Waals surface area contributed by atoms with Gasteiger partial charge < -0.3 is 14.6 Å². The number of carbonyl (C=O) groups excluding carboxylic acids is 1. The molecular formula is C21H24N2O2. The summed E-state index contributed by atoms with van der Waals surface area (Å²) in [5, 5.41) is 5.75. The summed E-state index contributed by atoms with van der Waals surface area (Å²) in [7, 11) is 0. The van der Waals surface area contributed by atoms with Gasteiger partial charge in [0.25, 0.3) is 0 Å². The lowest BCUT2D eigenvalue weighted by Crippen LogP contribution is -2.19. The van der Waals surface area contributed by atoms with Crippen LogP contribution >= 0.6 is 0 Å². The number of aromatic nitrogens is 1. The lowest BCUT2D eigenvalue weighted by molar-refractivity contribution is 0.101. The molecule has 0 amide bonds. The summed E-state index contributed by atoms with van der Waals surface area (Å²) < 4.78 is 7.99. The van der Waals surface area contributed by atoms with Crippen molar-refractivity contribution in [3.05, 3.63) is 47.5 Å². The number of Topliss-reactive ketones (excluding diaryl/α,β-unsaturated/α-hetero) is 1. The number of nitrogens with one attached hydrogen (secondary N) is 1. The molecule has 4 rings (SSSR count). The fourth-order valence-electron chi connectivity index (χ4n) is 3.66. The molecule has 2 heterocycles. The van der Waals surface area contributed by atoms with Gasteiger partial charge in [-0.05, 0) is 56.3 Å². The average Bonchev–Trinajstić information content (AvgIpc) is 3.26. The number of rotatable bonds is 6. The van der Waals surface area contributed by atoms with E-state index in [1.807, 2.05) is 12.1 Å². The molecule has 0 bridgehead atoms. The third-order valence-electron chi connectivity index (χ3n) is 5.10. The number of epoxide rings is 1. The number of likely N-dealkylation sites (N-methyl/N-ethyl adjacent to an activating group) is 1. The molecule has 1 aromatic heterocycles. The molecule has 3 aromatic rings. The molecule has 4 heteroatoms. The number of nitrogens with zero attached hydrogens (tertiary/aromatic N) is 1. The third kappa shape index (κ3) is 2.86. The largest absolute Gasteiger partial charge is 0.365 e. The van der Waals surface area contributed by atoms with Crippen LogP contribution in [0.4, 0.5) is 0 Å². The zero-order chi connectivity index (χ0) is 17.6. The van der Waals surface area contributed by atoms with Crippen molar-refractivity contribution < 1.29 is 9.53 Å². The van der Waals surface area contributed by atoms with E-state index >= 15 is 0 Å². The van der Waals surface area contributed by atoms with E-state index in [0.717, 1.165) is 30.6 Å². The minimum atomic E-state index is 0.103. The van der Waals surface area contributed by atoms with Crippen LogP contribution in [0.1, 0.15) is 42.8 Å². The Kier molecular flexibility index (Phi) is 4.10. The van der Waals surface area contributed by atoms with Crippen molar-refractivity contribution >= 4 is 27.6 Å². The Morgan fingerprint density at radius 3 is 2.48 bits per heavy atom. The predicted octanol–water partition coefficient (Wildman–Crippen LogP) is 4.07. The first-order valence-electron chi connectivity index (χ1n) is 9.03. The summed E-state index contributed by atoms with van der Waals surface area (Å²) in [5.41, 5.74) is 4.38. The molecule has 2 aromatic carbocycles. The summed E-state index contributed by atoms with van der Waals surface area (Å²) in [6.45, 7) is 8.64. The van der Waals surface area contributed by atoms with Crippen LogP contribution in [0, 0.1) is 0 Å². The highest BCUT2D eigenvalue weighted by atomic mass is 16.6. The van der Waals surface area contributed by atoms with E-state index in [-0.39, 0.29) is 11.9 Å². The molecule has 2 unspecified atom stereocenters. The van der Waals surface area contributed by atoms with Crippen LogP contribution in [0.15, 0.2) is 36.4 Å². The summed E-state index contributed by atoms with van der Waals surface area (Å²) in [5.74, 6) is 0.103. The van der Waals surface area contributed by atoms with Gasteiger partial charge >= 0.3 is 0 Å². The van der Waals surface area contributed by atoms with Gasteiger partial charge in [0.2, 0.25) is 0 Å². The van der Waals surface area contributed by atoms with Gasteiger partial charge in [-0.2, -0.15) is 0 Å². The highest BCUT2D eigenvalue weighted by molar-refractivity contribution is 6.11. The van der Waals surface area contributed by atoms with E-state index in [1.165, 1.54) is 22.0 Å². The Morgan fingerprint density at radius 1 is 1.16 bits per heavy atom. The van der Waals surface area contributed by atoms with Gasteiger partial charge in [-0.1, -0.05) is 13.0 Å². The van der Waals surface area contributed by atoms with Crippen LogP contribution in [-0.4, -0.2) is 29.5 Å². The zero-order valence-corrected chi connectivity index (χ0v) is 15.0. The molecule has 130 valence electrons. The first-order chi connectivity index (χ1) is 12.1. The van der Waals surface area contributed by atoms with Crippen LogP contribution < -0.4 is 5.32 Å². The summed E-state index contributed by atoms with van der Waals surface area (Å²) in [6.07, 6.45) is 0.507. The number of hydrogen-bond donors (Lipinski definition) is 1. The Bertz CT molecular complexity index is 957. The molecule has 4 nitrogen and oxygen atoms in total. The standard InChI is InChI=1S/C21H24N2O2/c1-4-22-9-10-23-19-7-5-15(13(2)24)11-17(19)18-12-16(6-8-20(18)23)21-14(3)25-21/h5-8,11-12,14,21-22H,4,9-10H2,1-3H3. The molecule has 0 aliphatic carbocycles. The van der Waals surface area contributed by atoms with E-state index in [9.17, 15) is 4.79 Å². The third-order valence-corrected chi connectivity index (χ3v) is 5.10. The van der Waals surface area contributed by atoms with E-state index in [2.05, 4.69) is 48.0 Å². The number of hydrogen-bond acceptors (Lipinski definition) is 3. The van der Waals surface area contributed by atoms with Crippen LogP contribution in [0.5, 0.6) is 0 Å². The molecule has 1 aliphatic heterocycles. The van der Waals surface area contributed by atoms with E-state index < -0.39 is 0 Å². The van der Waals surface area contributed by atoms with Gasteiger partial charge in [-0.15, -0.1) is 0 Å². The van der Waals surface area contributed by atoms with Crippen molar-refractivity contribution in [2.75, 3.05) is 13.1 Å². The van der Waals surface area contributed by atoms with Crippen molar-refractivity contribution in [3.63, 3.8) is 0 Å². The summed E-state index contributed by atoms with van der Waals surface area (Å²) in [4.78, 5) is 11.8. The van der Waals surface area contributed by atoms with Crippen molar-refractivity contribution in [2.24, 2.45) is 0 Å². The molecule has 1 aliphatic rings.